The van der Waals surface area contributed by atoms with Crippen molar-refractivity contribution < 1.29 is 17.9 Å². The van der Waals surface area contributed by atoms with Gasteiger partial charge in [-0.25, -0.2) is 0 Å². The Hall–Kier alpha value is -0.700. The fourth-order valence-corrected chi connectivity index (χ4v) is 3.95. The van der Waals surface area contributed by atoms with Gasteiger partial charge in [-0.3, -0.25) is 4.79 Å². The molecule has 1 fully saturated rings. The fourth-order valence-electron chi connectivity index (χ4n) is 2.36. The van der Waals surface area contributed by atoms with Gasteiger partial charge in [0.25, 0.3) is 10.2 Å². The molecule has 7 nitrogen and oxygen atoms in total. The quantitative estimate of drug-likeness (QED) is 0.607. The molecule has 1 aliphatic heterocycles. The third-order valence-electron chi connectivity index (χ3n) is 3.45. The summed E-state index contributed by atoms with van der Waals surface area (Å²) in [7, 11) is 3.16. The van der Waals surface area contributed by atoms with Crippen LogP contribution in [0.15, 0.2) is 0 Å². The average Bonchev–Trinajstić information content (AvgIpc) is 2.83. The lowest BCUT2D eigenvalue weighted by Gasteiger charge is -2.30. The molecule has 1 rings (SSSR count). The monoisotopic (exact) mass is 307 g/mol. The molecule has 1 saturated heterocycles. The maximum atomic E-state index is 12.5. The third kappa shape index (κ3) is 4.41. The van der Waals surface area contributed by atoms with Crippen LogP contribution in [-0.2, 0) is 19.7 Å². The van der Waals surface area contributed by atoms with Gasteiger partial charge in [-0.05, 0) is 26.9 Å². The van der Waals surface area contributed by atoms with E-state index >= 15 is 0 Å². The van der Waals surface area contributed by atoms with E-state index in [4.69, 9.17) is 0 Å². The van der Waals surface area contributed by atoms with Crippen LogP contribution in [0.1, 0.15) is 19.3 Å². The van der Waals surface area contributed by atoms with Crippen molar-refractivity contribution >= 4 is 16.2 Å². The van der Waals surface area contributed by atoms with Crippen molar-refractivity contribution in [2.75, 3.05) is 47.9 Å². The van der Waals surface area contributed by atoms with Crippen molar-refractivity contribution in [1.29, 1.82) is 0 Å². The molecule has 1 atom stereocenters. The van der Waals surface area contributed by atoms with Gasteiger partial charge in [0, 0.05) is 32.7 Å². The van der Waals surface area contributed by atoms with Gasteiger partial charge >= 0.3 is 5.97 Å². The summed E-state index contributed by atoms with van der Waals surface area (Å²) in [4.78, 5) is 13.1. The van der Waals surface area contributed by atoms with E-state index in [1.807, 2.05) is 19.0 Å². The van der Waals surface area contributed by atoms with Crippen LogP contribution in [0.3, 0.4) is 0 Å². The topological polar surface area (TPSA) is 70.2 Å². The van der Waals surface area contributed by atoms with Gasteiger partial charge in [-0.2, -0.15) is 17.0 Å². The van der Waals surface area contributed by atoms with E-state index in [1.54, 1.807) is 4.31 Å². The van der Waals surface area contributed by atoms with Crippen molar-refractivity contribution in [2.45, 2.75) is 25.3 Å². The summed E-state index contributed by atoms with van der Waals surface area (Å²) in [6.07, 6.45) is 1.82. The van der Waals surface area contributed by atoms with Crippen LogP contribution in [-0.4, -0.2) is 81.8 Å². The minimum absolute atomic E-state index is 0.00979. The molecule has 0 aliphatic carbocycles. The van der Waals surface area contributed by atoms with Crippen molar-refractivity contribution in [3.8, 4) is 0 Å². The Bertz CT molecular complexity index is 424. The second kappa shape index (κ2) is 7.35. The highest BCUT2D eigenvalue weighted by molar-refractivity contribution is 7.86. The molecule has 8 heteroatoms. The molecule has 1 aliphatic rings. The van der Waals surface area contributed by atoms with Gasteiger partial charge in [0.05, 0.1) is 13.5 Å². The number of hydrogen-bond donors (Lipinski definition) is 0. The number of nitrogens with zero attached hydrogens (tertiary/aromatic N) is 3. The van der Waals surface area contributed by atoms with Crippen LogP contribution in [0.2, 0.25) is 0 Å². The summed E-state index contributed by atoms with van der Waals surface area (Å²) >= 11 is 0. The van der Waals surface area contributed by atoms with Crippen LogP contribution in [0, 0.1) is 0 Å². The minimum atomic E-state index is -3.51. The van der Waals surface area contributed by atoms with E-state index in [0.717, 1.165) is 12.8 Å². The molecule has 0 amide bonds. The number of rotatable bonds is 7. The summed E-state index contributed by atoms with van der Waals surface area (Å²) in [5.74, 6) is -0.404. The first-order chi connectivity index (χ1) is 9.28. The van der Waals surface area contributed by atoms with Gasteiger partial charge in [0.2, 0.25) is 0 Å². The number of carbonyl (C=O) groups is 1. The lowest BCUT2D eigenvalue weighted by molar-refractivity contribution is -0.140. The highest BCUT2D eigenvalue weighted by atomic mass is 32.2. The summed E-state index contributed by atoms with van der Waals surface area (Å²) in [6.45, 7) is 1.40. The zero-order valence-corrected chi connectivity index (χ0v) is 13.5. The van der Waals surface area contributed by atoms with Crippen LogP contribution < -0.4 is 0 Å². The molecule has 0 aromatic carbocycles. The molecule has 0 bridgehead atoms. The first kappa shape index (κ1) is 17.4. The van der Waals surface area contributed by atoms with E-state index in [1.165, 1.54) is 18.5 Å². The van der Waals surface area contributed by atoms with Crippen LogP contribution in [0.25, 0.3) is 0 Å². The van der Waals surface area contributed by atoms with E-state index in [0.29, 0.717) is 13.1 Å². The number of hydrogen-bond acceptors (Lipinski definition) is 5. The summed E-state index contributed by atoms with van der Waals surface area (Å²) in [5, 5.41) is 0. The molecule has 0 aromatic rings. The van der Waals surface area contributed by atoms with Crippen molar-refractivity contribution in [3.05, 3.63) is 0 Å². The Morgan fingerprint density at radius 3 is 2.55 bits per heavy atom. The summed E-state index contributed by atoms with van der Waals surface area (Å²) in [6, 6.07) is 0.00979. The lowest BCUT2D eigenvalue weighted by atomic mass is 10.2. The Labute approximate surface area is 121 Å². The Morgan fingerprint density at radius 1 is 1.35 bits per heavy atom. The molecule has 20 heavy (non-hydrogen) atoms. The van der Waals surface area contributed by atoms with Gasteiger partial charge in [0.15, 0.2) is 0 Å². The van der Waals surface area contributed by atoms with Crippen molar-refractivity contribution in [2.24, 2.45) is 0 Å². The molecule has 0 saturated carbocycles. The first-order valence-corrected chi connectivity index (χ1v) is 8.13. The highest BCUT2D eigenvalue weighted by Gasteiger charge is 2.36. The van der Waals surface area contributed by atoms with Gasteiger partial charge in [-0.1, -0.05) is 0 Å². The molecular formula is C12H25N3O4S. The van der Waals surface area contributed by atoms with Crippen molar-refractivity contribution in [3.63, 3.8) is 0 Å². The van der Waals surface area contributed by atoms with E-state index in [2.05, 4.69) is 4.74 Å². The van der Waals surface area contributed by atoms with Crippen LogP contribution in [0.5, 0.6) is 0 Å². The number of likely N-dealkylation sites (N-methyl/N-ethyl adjacent to an activating group) is 1. The summed E-state index contributed by atoms with van der Waals surface area (Å²) < 4.78 is 32.3. The number of methoxy groups -OCH3 is 1. The van der Waals surface area contributed by atoms with E-state index < -0.39 is 16.2 Å². The molecule has 0 aromatic heterocycles. The van der Waals surface area contributed by atoms with Crippen LogP contribution in [0.4, 0.5) is 0 Å². The predicted octanol–water partition coefficient (Wildman–Crippen LogP) is -0.248. The maximum absolute atomic E-state index is 12.5. The number of ether oxygens (including phenoxy) is 1. The minimum Gasteiger partial charge on any atom is -0.469 e. The second-order valence-corrected chi connectivity index (χ2v) is 7.31. The SMILES string of the molecule is COC(=O)CCN(C)S(=O)(=O)N1CCCC1CN(C)C. The Morgan fingerprint density at radius 2 is 2.00 bits per heavy atom. The van der Waals surface area contributed by atoms with Crippen molar-refractivity contribution in [1.82, 2.24) is 13.5 Å². The molecule has 0 spiro atoms. The standard InChI is InChI=1S/C12H25N3O4S/c1-13(2)10-11-6-5-8-15(11)20(17,18)14(3)9-7-12(16)19-4/h11H,5-10H2,1-4H3. The Balaban J connectivity index is 2.68. The highest BCUT2D eigenvalue weighted by Crippen LogP contribution is 2.23. The van der Waals surface area contributed by atoms with E-state index in [9.17, 15) is 13.2 Å². The molecular weight excluding hydrogens is 282 g/mol. The molecule has 118 valence electrons. The maximum Gasteiger partial charge on any atom is 0.306 e. The normalized spacial score (nSPS) is 20.8. The fraction of sp³-hybridized carbons (Fsp3) is 0.917. The third-order valence-corrected chi connectivity index (χ3v) is 5.49. The van der Waals surface area contributed by atoms with Gasteiger partial charge in [-0.15, -0.1) is 0 Å². The number of esters is 1. The zero-order chi connectivity index (χ0) is 15.3. The molecule has 1 heterocycles. The number of carbonyl (C=O) groups excluding carboxylic acids is 1. The molecule has 0 radical (unpaired) electrons. The Kier molecular flexibility index (Phi) is 6.38. The smallest absolute Gasteiger partial charge is 0.306 e. The average molecular weight is 307 g/mol. The first-order valence-electron chi connectivity index (χ1n) is 6.73. The largest absolute Gasteiger partial charge is 0.469 e. The molecule has 1 unspecified atom stereocenters. The predicted molar refractivity (Wildman–Crippen MR) is 76.5 cm³/mol. The van der Waals surface area contributed by atoms with Crippen LogP contribution >= 0.6 is 0 Å². The van der Waals surface area contributed by atoms with Gasteiger partial charge in [0.1, 0.15) is 0 Å². The van der Waals surface area contributed by atoms with E-state index in [-0.39, 0.29) is 19.0 Å². The summed E-state index contributed by atoms with van der Waals surface area (Å²) in [5.41, 5.74) is 0. The molecule has 0 N–H and O–H groups in total. The van der Waals surface area contributed by atoms with Gasteiger partial charge < -0.3 is 9.64 Å². The zero-order valence-electron chi connectivity index (χ0n) is 12.7. The second-order valence-electron chi connectivity index (χ2n) is 5.32. The lowest BCUT2D eigenvalue weighted by Crippen LogP contribution is -2.47.